The fourth-order valence-corrected chi connectivity index (χ4v) is 5.14. The molecule has 1 unspecified atom stereocenters. The Kier molecular flexibility index (Phi) is 5.62. The number of ether oxygens (including phenoxy) is 2. The Balaban J connectivity index is 1.50. The molecule has 0 spiro atoms. The number of aromatic nitrogens is 2. The zero-order chi connectivity index (χ0) is 24.9. The van der Waals surface area contributed by atoms with Crippen molar-refractivity contribution in [3.8, 4) is 11.4 Å². The molecule has 2 atom stereocenters. The molecule has 0 aliphatic carbocycles. The summed E-state index contributed by atoms with van der Waals surface area (Å²) >= 11 is 0. The summed E-state index contributed by atoms with van der Waals surface area (Å²) < 4.78 is 41.2. The van der Waals surface area contributed by atoms with Crippen LogP contribution in [0.15, 0.2) is 54.7 Å². The topological polar surface area (TPSA) is 56.6 Å². The molecule has 182 valence electrons. The quantitative estimate of drug-likeness (QED) is 0.474. The van der Waals surface area contributed by atoms with E-state index in [-0.39, 0.29) is 23.8 Å². The van der Waals surface area contributed by atoms with E-state index in [4.69, 9.17) is 9.47 Å². The van der Waals surface area contributed by atoms with Crippen LogP contribution >= 0.6 is 0 Å². The molecule has 3 aromatic rings. The van der Waals surface area contributed by atoms with Gasteiger partial charge in [-0.2, -0.15) is 0 Å². The third-order valence-electron chi connectivity index (χ3n) is 6.83. The summed E-state index contributed by atoms with van der Waals surface area (Å²) in [6.07, 6.45) is 6.68. The maximum Gasteiger partial charge on any atom is 0.289 e. The molecule has 5 rings (SSSR count). The number of benzene rings is 2. The second-order valence-electron chi connectivity index (χ2n) is 9.56. The van der Waals surface area contributed by atoms with Gasteiger partial charge in [-0.05, 0) is 75.1 Å². The van der Waals surface area contributed by atoms with Crippen molar-refractivity contribution in [1.82, 2.24) is 14.5 Å². The summed E-state index contributed by atoms with van der Waals surface area (Å²) in [5.74, 6) is -1.26. The van der Waals surface area contributed by atoms with Crippen molar-refractivity contribution in [1.29, 1.82) is 0 Å². The Morgan fingerprint density at radius 2 is 1.94 bits per heavy atom. The van der Waals surface area contributed by atoms with Crippen LogP contribution in [-0.4, -0.2) is 39.1 Å². The van der Waals surface area contributed by atoms with Crippen molar-refractivity contribution in [2.75, 3.05) is 7.11 Å². The molecule has 0 saturated carbocycles. The van der Waals surface area contributed by atoms with Gasteiger partial charge in [0.2, 0.25) is 0 Å². The van der Waals surface area contributed by atoms with Gasteiger partial charge in [-0.1, -0.05) is 12.1 Å². The SMILES string of the molecule is COc1cc(C=C2OC(C)(C)[C@H]3CCC(c4ccc(F)c(F)c4)N3C2=O)ccc1-n1cnc(C)c1. The third-order valence-corrected chi connectivity index (χ3v) is 6.83. The van der Waals surface area contributed by atoms with Crippen molar-refractivity contribution in [2.24, 2.45) is 0 Å². The van der Waals surface area contributed by atoms with Crippen molar-refractivity contribution in [3.63, 3.8) is 0 Å². The number of hydrogen-bond acceptors (Lipinski definition) is 4. The van der Waals surface area contributed by atoms with Crippen molar-refractivity contribution in [2.45, 2.75) is 51.3 Å². The largest absolute Gasteiger partial charge is 0.495 e. The van der Waals surface area contributed by atoms with Gasteiger partial charge < -0.3 is 18.9 Å². The molecule has 0 bridgehead atoms. The highest BCUT2D eigenvalue weighted by molar-refractivity contribution is 5.97. The Morgan fingerprint density at radius 3 is 2.63 bits per heavy atom. The van der Waals surface area contributed by atoms with Gasteiger partial charge in [0.25, 0.3) is 5.91 Å². The number of aryl methyl sites for hydroxylation is 1. The monoisotopic (exact) mass is 479 g/mol. The van der Waals surface area contributed by atoms with E-state index in [2.05, 4.69) is 4.98 Å². The molecule has 35 heavy (non-hydrogen) atoms. The lowest BCUT2D eigenvalue weighted by Crippen LogP contribution is -2.55. The molecule has 0 N–H and O–H groups in total. The highest BCUT2D eigenvalue weighted by Gasteiger charge is 2.51. The molecule has 8 heteroatoms. The van der Waals surface area contributed by atoms with E-state index in [9.17, 15) is 13.6 Å². The Morgan fingerprint density at radius 1 is 1.14 bits per heavy atom. The molecule has 2 aliphatic heterocycles. The van der Waals surface area contributed by atoms with E-state index in [0.29, 0.717) is 24.2 Å². The van der Waals surface area contributed by atoms with Gasteiger partial charge >= 0.3 is 0 Å². The van der Waals surface area contributed by atoms with Gasteiger partial charge in [0.15, 0.2) is 17.4 Å². The van der Waals surface area contributed by atoms with Crippen molar-refractivity contribution >= 4 is 12.0 Å². The van der Waals surface area contributed by atoms with E-state index in [1.165, 1.54) is 6.07 Å². The molecule has 1 aromatic heterocycles. The van der Waals surface area contributed by atoms with Gasteiger partial charge in [-0.15, -0.1) is 0 Å². The molecule has 2 saturated heterocycles. The van der Waals surface area contributed by atoms with Crippen LogP contribution in [0.1, 0.15) is 49.6 Å². The number of halogens is 2. The number of nitrogens with zero attached hydrogens (tertiary/aromatic N) is 3. The summed E-state index contributed by atoms with van der Waals surface area (Å²) in [4.78, 5) is 19.6. The molecule has 6 nitrogen and oxygen atoms in total. The Hall–Kier alpha value is -3.68. The predicted molar refractivity (Wildman–Crippen MR) is 127 cm³/mol. The van der Waals surface area contributed by atoms with Crippen LogP contribution in [0.25, 0.3) is 11.8 Å². The number of imidazole rings is 1. The molecular weight excluding hydrogens is 452 g/mol. The number of fused-ring (bicyclic) bond motifs is 1. The molecule has 0 radical (unpaired) electrons. The number of carbonyl (C=O) groups is 1. The first-order chi connectivity index (χ1) is 16.7. The molecule has 3 heterocycles. The van der Waals surface area contributed by atoms with E-state index in [1.54, 1.807) is 30.5 Å². The number of morpholine rings is 1. The van der Waals surface area contributed by atoms with Gasteiger partial charge in [-0.3, -0.25) is 4.79 Å². The van der Waals surface area contributed by atoms with Gasteiger partial charge in [0.1, 0.15) is 11.4 Å². The highest BCUT2D eigenvalue weighted by Crippen LogP contribution is 2.46. The average Bonchev–Trinajstić information content (AvgIpc) is 3.46. The first-order valence-corrected chi connectivity index (χ1v) is 11.6. The first-order valence-electron chi connectivity index (χ1n) is 11.6. The summed E-state index contributed by atoms with van der Waals surface area (Å²) in [6, 6.07) is 8.93. The van der Waals surface area contributed by atoms with E-state index >= 15 is 0 Å². The second kappa shape index (κ2) is 8.52. The van der Waals surface area contributed by atoms with Crippen molar-refractivity contribution < 1.29 is 23.0 Å². The number of hydrogen-bond donors (Lipinski definition) is 0. The number of carbonyl (C=O) groups excluding carboxylic acids is 1. The van der Waals surface area contributed by atoms with Crippen LogP contribution in [0.5, 0.6) is 5.75 Å². The summed E-state index contributed by atoms with van der Waals surface area (Å²) in [5.41, 5.74) is 2.38. The first kappa shape index (κ1) is 23.1. The highest BCUT2D eigenvalue weighted by atomic mass is 19.2. The maximum absolute atomic E-state index is 14.0. The summed E-state index contributed by atoms with van der Waals surface area (Å²) in [6.45, 7) is 5.81. The van der Waals surface area contributed by atoms with Gasteiger partial charge in [0, 0.05) is 6.20 Å². The number of amides is 1. The molecular formula is C27H27F2N3O3. The molecule has 2 aromatic carbocycles. The fourth-order valence-electron chi connectivity index (χ4n) is 5.14. The zero-order valence-corrected chi connectivity index (χ0v) is 20.1. The minimum atomic E-state index is -0.915. The molecule has 2 aliphatic rings. The maximum atomic E-state index is 14.0. The van der Waals surface area contributed by atoms with E-state index < -0.39 is 17.2 Å². The third kappa shape index (κ3) is 4.07. The average molecular weight is 480 g/mol. The van der Waals surface area contributed by atoms with E-state index in [0.717, 1.165) is 23.0 Å². The lowest BCUT2D eigenvalue weighted by atomic mass is 9.94. The molecule has 2 fully saturated rings. The summed E-state index contributed by atoms with van der Waals surface area (Å²) in [7, 11) is 1.59. The van der Waals surface area contributed by atoms with Crippen LogP contribution in [0.2, 0.25) is 0 Å². The summed E-state index contributed by atoms with van der Waals surface area (Å²) in [5, 5.41) is 0. The zero-order valence-electron chi connectivity index (χ0n) is 20.1. The van der Waals surface area contributed by atoms with Crippen LogP contribution < -0.4 is 4.74 Å². The van der Waals surface area contributed by atoms with Crippen LogP contribution in [0.4, 0.5) is 8.78 Å². The van der Waals surface area contributed by atoms with Crippen LogP contribution in [0, 0.1) is 18.6 Å². The normalized spacial score (nSPS) is 22.3. The van der Waals surface area contributed by atoms with Gasteiger partial charge in [0.05, 0.1) is 36.9 Å². The smallest absolute Gasteiger partial charge is 0.289 e. The fraction of sp³-hybridized carbons (Fsp3) is 0.333. The Bertz CT molecular complexity index is 1330. The lowest BCUT2D eigenvalue weighted by Gasteiger charge is -2.45. The lowest BCUT2D eigenvalue weighted by molar-refractivity contribution is -0.155. The van der Waals surface area contributed by atoms with Crippen molar-refractivity contribution in [3.05, 3.63) is 83.1 Å². The van der Waals surface area contributed by atoms with E-state index in [1.807, 2.05) is 49.7 Å². The number of rotatable bonds is 4. The minimum absolute atomic E-state index is 0.174. The standard InChI is InChI=1S/C27H27F2N3O3/c1-16-14-31(15-30-16)22-8-5-17(11-23(22)34-4)12-24-26(33)32-21(9-10-25(32)27(2,3)35-24)18-6-7-19(28)20(29)13-18/h5-8,11-15,21,25H,9-10H2,1-4H3/t21?,25-/m1/s1. The van der Waals surface area contributed by atoms with Crippen LogP contribution in [0.3, 0.4) is 0 Å². The van der Waals surface area contributed by atoms with Crippen LogP contribution in [-0.2, 0) is 9.53 Å². The second-order valence-corrected chi connectivity index (χ2v) is 9.56. The predicted octanol–water partition coefficient (Wildman–Crippen LogP) is 5.35. The molecule has 1 amide bonds. The Labute approximate surface area is 202 Å². The number of methoxy groups -OCH3 is 1. The minimum Gasteiger partial charge on any atom is -0.495 e. The van der Waals surface area contributed by atoms with Gasteiger partial charge in [-0.25, -0.2) is 13.8 Å².